The Bertz CT molecular complexity index is 236. The Hall–Kier alpha value is -0.820. The van der Waals surface area contributed by atoms with Gasteiger partial charge in [0.15, 0.2) is 0 Å². The van der Waals surface area contributed by atoms with Crippen molar-refractivity contribution in [1.82, 2.24) is 0 Å². The predicted molar refractivity (Wildman–Crippen MR) is 56.0 cm³/mol. The number of hydrogen-bond donors (Lipinski definition) is 1. The Balaban J connectivity index is 2.59. The van der Waals surface area contributed by atoms with Gasteiger partial charge in [0.05, 0.1) is 6.54 Å². The third-order valence-corrected chi connectivity index (χ3v) is 2.05. The van der Waals surface area contributed by atoms with Crippen LogP contribution in [0.5, 0.6) is 0 Å². The number of quaternary nitrogens is 1. The third kappa shape index (κ3) is 3.60. The summed E-state index contributed by atoms with van der Waals surface area (Å²) in [4.78, 5) is 0. The van der Waals surface area contributed by atoms with Gasteiger partial charge in [0.2, 0.25) is 0 Å². The summed E-state index contributed by atoms with van der Waals surface area (Å²) in [7, 11) is 3.73. The largest absolute Gasteiger partial charge is 0.475 e. The number of rotatable bonds is 4. The van der Waals surface area contributed by atoms with Crippen LogP contribution in [0, 0.1) is 13.0 Å². The first-order valence-corrected chi connectivity index (χ1v) is 4.91. The summed E-state index contributed by atoms with van der Waals surface area (Å²) in [5, 5.41) is 1.94. The van der Waals surface area contributed by atoms with Crippen molar-refractivity contribution in [3.63, 3.8) is 0 Å². The molecule has 0 aliphatic carbocycles. The van der Waals surface area contributed by atoms with Gasteiger partial charge >= 0.3 is 0 Å². The fourth-order valence-electron chi connectivity index (χ4n) is 1.45. The molecule has 1 nitrogen and oxygen atoms in total. The average molecular weight is 177 g/mol. The van der Waals surface area contributed by atoms with E-state index >= 15 is 0 Å². The fourth-order valence-corrected chi connectivity index (χ4v) is 1.45. The SMILES string of the molecule is [CH2-][NH2+]Cc1ccc(CC(C)C)cc1. The van der Waals surface area contributed by atoms with Gasteiger partial charge in [-0.3, -0.25) is 0 Å². The second kappa shape index (κ2) is 5.03. The highest BCUT2D eigenvalue weighted by Crippen LogP contribution is 2.08. The van der Waals surface area contributed by atoms with Crippen molar-refractivity contribution in [3.8, 4) is 0 Å². The first-order valence-electron chi connectivity index (χ1n) is 4.91. The van der Waals surface area contributed by atoms with Gasteiger partial charge in [0, 0.05) is 5.56 Å². The molecule has 72 valence electrons. The molecule has 0 heterocycles. The van der Waals surface area contributed by atoms with Gasteiger partial charge < -0.3 is 5.32 Å². The van der Waals surface area contributed by atoms with Crippen molar-refractivity contribution in [2.45, 2.75) is 26.8 Å². The minimum absolute atomic E-state index is 0.741. The lowest BCUT2D eigenvalue weighted by Gasteiger charge is -2.06. The minimum atomic E-state index is 0.741. The highest BCUT2D eigenvalue weighted by atomic mass is 14.8. The van der Waals surface area contributed by atoms with E-state index in [4.69, 9.17) is 0 Å². The molecule has 1 rings (SSSR count). The summed E-state index contributed by atoms with van der Waals surface area (Å²) in [6.07, 6.45) is 1.17. The Kier molecular flexibility index (Phi) is 3.97. The van der Waals surface area contributed by atoms with E-state index in [1.807, 2.05) is 5.32 Å². The Morgan fingerprint density at radius 3 is 2.15 bits per heavy atom. The van der Waals surface area contributed by atoms with Crippen LogP contribution in [-0.4, -0.2) is 0 Å². The molecule has 0 spiro atoms. The van der Waals surface area contributed by atoms with Crippen LogP contribution < -0.4 is 5.32 Å². The topological polar surface area (TPSA) is 16.6 Å². The zero-order chi connectivity index (χ0) is 9.68. The summed E-state index contributed by atoms with van der Waals surface area (Å²) in [5.41, 5.74) is 2.78. The monoisotopic (exact) mass is 177 g/mol. The minimum Gasteiger partial charge on any atom is -0.475 e. The molecule has 0 atom stereocenters. The van der Waals surface area contributed by atoms with Gasteiger partial charge in [0.1, 0.15) is 0 Å². The second-order valence-electron chi connectivity index (χ2n) is 3.91. The summed E-state index contributed by atoms with van der Waals surface area (Å²) >= 11 is 0. The van der Waals surface area contributed by atoms with Gasteiger partial charge in [-0.1, -0.05) is 38.1 Å². The molecule has 0 saturated heterocycles. The number of hydrogen-bond acceptors (Lipinski definition) is 0. The van der Waals surface area contributed by atoms with Crippen LogP contribution >= 0.6 is 0 Å². The van der Waals surface area contributed by atoms with E-state index in [1.165, 1.54) is 17.5 Å². The molecule has 0 radical (unpaired) electrons. The highest BCUT2D eigenvalue weighted by Gasteiger charge is 1.97. The average Bonchev–Trinajstić information content (AvgIpc) is 2.08. The van der Waals surface area contributed by atoms with Gasteiger partial charge in [0.25, 0.3) is 0 Å². The van der Waals surface area contributed by atoms with Crippen molar-refractivity contribution >= 4 is 0 Å². The summed E-state index contributed by atoms with van der Waals surface area (Å²) in [6.45, 7) is 5.47. The molecule has 1 aromatic rings. The molecular weight excluding hydrogens is 158 g/mol. The second-order valence-corrected chi connectivity index (χ2v) is 3.91. The standard InChI is InChI=1S/C12H19N/c1-10(2)8-11-4-6-12(7-5-11)9-13-3/h4-7,10H,3,8-9,13H2,1-2H3. The third-order valence-electron chi connectivity index (χ3n) is 2.05. The van der Waals surface area contributed by atoms with E-state index < -0.39 is 0 Å². The summed E-state index contributed by atoms with van der Waals surface area (Å²) in [6, 6.07) is 8.83. The molecule has 0 aliphatic heterocycles. The Morgan fingerprint density at radius 2 is 1.69 bits per heavy atom. The molecule has 0 fully saturated rings. The fraction of sp³-hybridized carbons (Fsp3) is 0.417. The zero-order valence-corrected chi connectivity index (χ0v) is 8.59. The molecule has 2 N–H and O–H groups in total. The van der Waals surface area contributed by atoms with Crippen molar-refractivity contribution in [1.29, 1.82) is 0 Å². The maximum Gasteiger partial charge on any atom is 0.0773 e. The lowest BCUT2D eigenvalue weighted by Crippen LogP contribution is -2.74. The van der Waals surface area contributed by atoms with E-state index in [-0.39, 0.29) is 0 Å². The normalized spacial score (nSPS) is 10.8. The quantitative estimate of drug-likeness (QED) is 0.675. The molecule has 1 aromatic carbocycles. The van der Waals surface area contributed by atoms with Crippen LogP contribution in [0.25, 0.3) is 0 Å². The van der Waals surface area contributed by atoms with Gasteiger partial charge in [-0.15, -0.1) is 0 Å². The molecule has 0 bridgehead atoms. The molecule has 0 aromatic heterocycles. The zero-order valence-electron chi connectivity index (χ0n) is 8.59. The summed E-state index contributed by atoms with van der Waals surface area (Å²) in [5.74, 6) is 0.741. The Morgan fingerprint density at radius 1 is 1.15 bits per heavy atom. The van der Waals surface area contributed by atoms with Crippen LogP contribution in [0.2, 0.25) is 0 Å². The maximum absolute atomic E-state index is 3.73. The highest BCUT2D eigenvalue weighted by molar-refractivity contribution is 5.22. The summed E-state index contributed by atoms with van der Waals surface area (Å²) < 4.78 is 0. The number of benzene rings is 1. The van der Waals surface area contributed by atoms with E-state index in [0.717, 1.165) is 12.5 Å². The molecule has 13 heavy (non-hydrogen) atoms. The van der Waals surface area contributed by atoms with Crippen LogP contribution in [0.4, 0.5) is 0 Å². The van der Waals surface area contributed by atoms with Crippen molar-refractivity contribution in [3.05, 3.63) is 42.4 Å². The van der Waals surface area contributed by atoms with Crippen molar-refractivity contribution in [2.75, 3.05) is 0 Å². The first kappa shape index (κ1) is 10.3. The van der Waals surface area contributed by atoms with Crippen molar-refractivity contribution in [2.24, 2.45) is 5.92 Å². The van der Waals surface area contributed by atoms with E-state index in [1.54, 1.807) is 0 Å². The molecule has 0 amide bonds. The van der Waals surface area contributed by atoms with Gasteiger partial charge in [-0.05, 0) is 17.9 Å². The van der Waals surface area contributed by atoms with E-state index in [0.29, 0.717) is 0 Å². The van der Waals surface area contributed by atoms with Crippen LogP contribution in [0.15, 0.2) is 24.3 Å². The molecule has 0 saturated carbocycles. The lowest BCUT2D eigenvalue weighted by atomic mass is 10.0. The number of nitrogens with two attached hydrogens (primary N) is 1. The molecule has 1 heteroatoms. The van der Waals surface area contributed by atoms with E-state index in [2.05, 4.69) is 45.2 Å². The molecule has 0 aliphatic rings. The van der Waals surface area contributed by atoms with Crippen LogP contribution in [0.3, 0.4) is 0 Å². The predicted octanol–water partition coefficient (Wildman–Crippen LogP) is 1.74. The Labute approximate surface area is 81.2 Å². The smallest absolute Gasteiger partial charge is 0.0773 e. The lowest BCUT2D eigenvalue weighted by molar-refractivity contribution is -0.612. The molecular formula is C12H19N. The maximum atomic E-state index is 3.73. The van der Waals surface area contributed by atoms with Crippen molar-refractivity contribution < 1.29 is 5.32 Å². The van der Waals surface area contributed by atoms with Crippen LogP contribution in [0.1, 0.15) is 25.0 Å². The van der Waals surface area contributed by atoms with Crippen LogP contribution in [-0.2, 0) is 13.0 Å². The van der Waals surface area contributed by atoms with E-state index in [9.17, 15) is 0 Å². The van der Waals surface area contributed by atoms with Gasteiger partial charge in [-0.25, -0.2) is 0 Å². The first-order chi connectivity index (χ1) is 6.22. The molecule has 0 unspecified atom stereocenters. The van der Waals surface area contributed by atoms with Gasteiger partial charge in [-0.2, -0.15) is 7.05 Å².